The first kappa shape index (κ1) is 22.9. The van der Waals surface area contributed by atoms with Crippen molar-refractivity contribution in [3.63, 3.8) is 0 Å². The van der Waals surface area contributed by atoms with E-state index in [1.165, 1.54) is 32.0 Å². The second-order valence-corrected chi connectivity index (χ2v) is 8.30. The molecule has 1 aromatic heterocycles. The van der Waals surface area contributed by atoms with Crippen LogP contribution in [0.5, 0.6) is 5.75 Å². The molecular formula is C24H25ClFN5O2. The molecule has 3 N–H and O–H groups in total. The number of carbonyl (C=O) groups excluding carboxylic acids is 1. The smallest absolute Gasteiger partial charge is 0.249 e. The van der Waals surface area contributed by atoms with Gasteiger partial charge >= 0.3 is 0 Å². The van der Waals surface area contributed by atoms with Crippen LogP contribution >= 0.6 is 11.6 Å². The van der Waals surface area contributed by atoms with Crippen LogP contribution in [0.1, 0.15) is 24.8 Å². The van der Waals surface area contributed by atoms with Crippen LogP contribution in [0.2, 0.25) is 5.02 Å². The molecule has 0 atom stereocenters. The van der Waals surface area contributed by atoms with E-state index in [1.54, 1.807) is 18.2 Å². The molecule has 0 spiro atoms. The molecule has 1 aliphatic heterocycles. The number of nitrogens with one attached hydrogen (secondary N) is 1. The van der Waals surface area contributed by atoms with Crippen molar-refractivity contribution in [2.75, 3.05) is 32.1 Å². The first-order valence-corrected chi connectivity index (χ1v) is 11.1. The van der Waals surface area contributed by atoms with Crippen molar-refractivity contribution in [3.05, 3.63) is 59.1 Å². The predicted molar refractivity (Wildman–Crippen MR) is 128 cm³/mol. The van der Waals surface area contributed by atoms with Gasteiger partial charge in [0.05, 0.1) is 17.6 Å². The average molecular weight is 470 g/mol. The van der Waals surface area contributed by atoms with Gasteiger partial charge in [-0.15, -0.1) is 0 Å². The number of benzene rings is 2. The highest BCUT2D eigenvalue weighted by Gasteiger charge is 2.18. The molecule has 4 rings (SSSR count). The summed E-state index contributed by atoms with van der Waals surface area (Å²) >= 11 is 5.91. The van der Waals surface area contributed by atoms with E-state index < -0.39 is 11.7 Å². The normalized spacial score (nSPS) is 14.9. The summed E-state index contributed by atoms with van der Waals surface area (Å²) in [6.45, 7) is 2.63. The number of likely N-dealkylation sites (tertiary alicyclic amines) is 1. The van der Waals surface area contributed by atoms with E-state index in [2.05, 4.69) is 20.2 Å². The Kier molecular flexibility index (Phi) is 7.05. The highest BCUT2D eigenvalue weighted by Crippen LogP contribution is 2.34. The SMILES string of the molecule is COc1cc2ncnc(Nc3ccc(F)c(Cl)c3)c2cc1C(=CCN1CCCCC1)C(N)=O. The van der Waals surface area contributed by atoms with Gasteiger partial charge in [-0.05, 0) is 50.2 Å². The van der Waals surface area contributed by atoms with Gasteiger partial charge in [-0.2, -0.15) is 0 Å². The van der Waals surface area contributed by atoms with Crippen molar-refractivity contribution in [2.45, 2.75) is 19.3 Å². The van der Waals surface area contributed by atoms with Crippen LogP contribution in [0.25, 0.3) is 16.5 Å². The molecule has 9 heteroatoms. The Morgan fingerprint density at radius 2 is 2.03 bits per heavy atom. The zero-order valence-corrected chi connectivity index (χ0v) is 19.0. The zero-order valence-electron chi connectivity index (χ0n) is 18.3. The summed E-state index contributed by atoms with van der Waals surface area (Å²) in [6, 6.07) is 7.84. The number of halogens is 2. The van der Waals surface area contributed by atoms with Gasteiger partial charge in [-0.3, -0.25) is 9.69 Å². The maximum Gasteiger partial charge on any atom is 0.249 e. The van der Waals surface area contributed by atoms with E-state index in [0.717, 1.165) is 25.9 Å². The fourth-order valence-electron chi connectivity index (χ4n) is 3.98. The fraction of sp³-hybridized carbons (Fsp3) is 0.292. The van der Waals surface area contributed by atoms with E-state index in [9.17, 15) is 9.18 Å². The summed E-state index contributed by atoms with van der Waals surface area (Å²) in [7, 11) is 1.54. The highest BCUT2D eigenvalue weighted by molar-refractivity contribution is 6.31. The Balaban J connectivity index is 1.75. The number of methoxy groups -OCH3 is 1. The molecule has 0 aliphatic carbocycles. The van der Waals surface area contributed by atoms with Gasteiger partial charge in [0, 0.05) is 34.8 Å². The Bertz CT molecular complexity index is 1210. The molecule has 2 aromatic carbocycles. The third kappa shape index (κ3) is 5.23. The van der Waals surface area contributed by atoms with Crippen molar-refractivity contribution >= 4 is 45.5 Å². The average Bonchev–Trinajstić information content (AvgIpc) is 2.82. The molecule has 33 heavy (non-hydrogen) atoms. The number of ether oxygens (including phenoxy) is 1. The Labute approximate surface area is 196 Å². The minimum Gasteiger partial charge on any atom is -0.496 e. The Morgan fingerprint density at radius 1 is 1.24 bits per heavy atom. The number of amides is 1. The number of aromatic nitrogens is 2. The molecule has 2 heterocycles. The Hall–Kier alpha value is -3.23. The molecule has 0 bridgehead atoms. The van der Waals surface area contributed by atoms with Crippen LogP contribution < -0.4 is 15.8 Å². The Morgan fingerprint density at radius 3 is 2.73 bits per heavy atom. The molecule has 172 valence electrons. The summed E-state index contributed by atoms with van der Waals surface area (Å²) in [5.74, 6) is -0.0832. The van der Waals surface area contributed by atoms with E-state index in [0.29, 0.717) is 45.8 Å². The van der Waals surface area contributed by atoms with Crippen molar-refractivity contribution in [3.8, 4) is 5.75 Å². The number of anilines is 2. The predicted octanol–water partition coefficient (Wildman–Crippen LogP) is 4.53. The maximum absolute atomic E-state index is 13.5. The lowest BCUT2D eigenvalue weighted by Gasteiger charge is -2.25. The highest BCUT2D eigenvalue weighted by atomic mass is 35.5. The number of rotatable bonds is 7. The lowest BCUT2D eigenvalue weighted by atomic mass is 10.0. The van der Waals surface area contributed by atoms with Gasteiger partial charge in [0.25, 0.3) is 0 Å². The number of carbonyl (C=O) groups is 1. The number of primary amides is 1. The van der Waals surface area contributed by atoms with E-state index >= 15 is 0 Å². The molecule has 1 amide bonds. The maximum atomic E-state index is 13.5. The van der Waals surface area contributed by atoms with Gasteiger partial charge < -0.3 is 15.8 Å². The monoisotopic (exact) mass is 469 g/mol. The number of hydrogen-bond acceptors (Lipinski definition) is 6. The lowest BCUT2D eigenvalue weighted by molar-refractivity contribution is -0.112. The van der Waals surface area contributed by atoms with E-state index in [-0.39, 0.29) is 5.02 Å². The van der Waals surface area contributed by atoms with Crippen LogP contribution in [0, 0.1) is 5.82 Å². The first-order valence-electron chi connectivity index (χ1n) is 10.7. The second kappa shape index (κ2) is 10.1. The minimum atomic E-state index is -0.540. The second-order valence-electron chi connectivity index (χ2n) is 7.89. The van der Waals surface area contributed by atoms with Crippen LogP contribution in [0.15, 0.2) is 42.7 Å². The zero-order chi connectivity index (χ0) is 23.4. The largest absolute Gasteiger partial charge is 0.496 e. The van der Waals surface area contributed by atoms with Crippen LogP contribution in [0.4, 0.5) is 15.9 Å². The van der Waals surface area contributed by atoms with E-state index in [1.807, 2.05) is 6.08 Å². The number of nitrogens with zero attached hydrogens (tertiary/aromatic N) is 3. The topological polar surface area (TPSA) is 93.4 Å². The van der Waals surface area contributed by atoms with Crippen LogP contribution in [-0.4, -0.2) is 47.5 Å². The third-order valence-corrected chi connectivity index (χ3v) is 5.99. The molecule has 3 aromatic rings. The molecular weight excluding hydrogens is 445 g/mol. The molecule has 1 fully saturated rings. The van der Waals surface area contributed by atoms with Crippen LogP contribution in [-0.2, 0) is 4.79 Å². The van der Waals surface area contributed by atoms with Crippen LogP contribution in [0.3, 0.4) is 0 Å². The summed E-state index contributed by atoms with van der Waals surface area (Å²) in [6.07, 6.45) is 6.80. The number of piperidine rings is 1. The van der Waals surface area contributed by atoms with Gasteiger partial charge in [0.15, 0.2) is 0 Å². The van der Waals surface area contributed by atoms with E-state index in [4.69, 9.17) is 22.1 Å². The molecule has 7 nitrogen and oxygen atoms in total. The molecule has 0 unspecified atom stereocenters. The molecule has 0 radical (unpaired) electrons. The summed E-state index contributed by atoms with van der Waals surface area (Å²) in [5.41, 5.74) is 7.88. The standard InChI is InChI=1S/C24H25ClFN5O2/c1-33-22-13-21-18(24(29-14-28-21)30-15-5-6-20(26)19(25)11-15)12-17(22)16(23(27)32)7-10-31-8-3-2-4-9-31/h5-7,11-14H,2-4,8-10H2,1H3,(H2,27,32)(H,28,29,30). The summed E-state index contributed by atoms with van der Waals surface area (Å²) < 4.78 is 19.1. The number of fused-ring (bicyclic) bond motifs is 1. The number of nitrogens with two attached hydrogens (primary N) is 1. The molecule has 0 saturated carbocycles. The van der Waals surface area contributed by atoms with Crippen molar-refractivity contribution in [1.82, 2.24) is 14.9 Å². The summed E-state index contributed by atoms with van der Waals surface area (Å²) in [5, 5.41) is 3.79. The minimum absolute atomic E-state index is 0.00243. The third-order valence-electron chi connectivity index (χ3n) is 5.70. The fourth-order valence-corrected chi connectivity index (χ4v) is 4.16. The van der Waals surface area contributed by atoms with Gasteiger partial charge in [-0.1, -0.05) is 24.1 Å². The van der Waals surface area contributed by atoms with Crippen molar-refractivity contribution < 1.29 is 13.9 Å². The number of hydrogen-bond donors (Lipinski definition) is 2. The van der Waals surface area contributed by atoms with Gasteiger partial charge in [0.2, 0.25) is 5.91 Å². The molecule has 1 aliphatic rings. The van der Waals surface area contributed by atoms with Crippen molar-refractivity contribution in [2.24, 2.45) is 5.73 Å². The van der Waals surface area contributed by atoms with Gasteiger partial charge in [0.1, 0.15) is 23.7 Å². The summed E-state index contributed by atoms with van der Waals surface area (Å²) in [4.78, 5) is 23.4. The first-order chi connectivity index (χ1) is 16.0. The van der Waals surface area contributed by atoms with Crippen molar-refractivity contribution in [1.29, 1.82) is 0 Å². The quantitative estimate of drug-likeness (QED) is 0.494. The lowest BCUT2D eigenvalue weighted by Crippen LogP contribution is -2.30. The molecule has 1 saturated heterocycles. The van der Waals surface area contributed by atoms with Gasteiger partial charge in [-0.25, -0.2) is 14.4 Å².